The topological polar surface area (TPSA) is 55.4 Å². The van der Waals surface area contributed by atoms with Crippen molar-refractivity contribution in [3.8, 4) is 20.9 Å². The van der Waals surface area contributed by atoms with Crippen LogP contribution < -0.4 is 0 Å². The summed E-state index contributed by atoms with van der Waals surface area (Å²) < 4.78 is 9.67. The van der Waals surface area contributed by atoms with E-state index in [0.717, 1.165) is 46.5 Å². The number of unbranched alkanes of at least 4 members (excludes halogenated alkanes) is 1. The number of benzene rings is 1. The molecule has 4 aromatic rings. The van der Waals surface area contributed by atoms with Gasteiger partial charge in [-0.1, -0.05) is 0 Å². The molecule has 0 bridgehead atoms. The first-order chi connectivity index (χ1) is 14.8. The Morgan fingerprint density at radius 1 is 0.933 bits per heavy atom. The van der Waals surface area contributed by atoms with Gasteiger partial charge in [0.05, 0.1) is 0 Å². The zero-order chi connectivity index (χ0) is 20.5. The Kier molecular flexibility index (Phi) is 5.83. The molecule has 0 saturated heterocycles. The molecular formula is C22H23N5S2Se. The van der Waals surface area contributed by atoms with Crippen molar-refractivity contribution in [3.05, 3.63) is 35.0 Å². The minimum absolute atomic E-state index is 0.109. The summed E-state index contributed by atoms with van der Waals surface area (Å²) in [7, 11) is 0. The number of hydrogen-bond acceptors (Lipinski definition) is 6. The number of rotatable bonds is 8. The van der Waals surface area contributed by atoms with E-state index in [2.05, 4.69) is 48.9 Å². The summed E-state index contributed by atoms with van der Waals surface area (Å²) >= 11 is 3.35. The molecule has 0 amide bonds. The fraction of sp³-hybridized carbons (Fsp3) is 0.364. The molecule has 154 valence electrons. The molecule has 30 heavy (non-hydrogen) atoms. The van der Waals surface area contributed by atoms with Crippen LogP contribution in [0.25, 0.3) is 31.9 Å². The van der Waals surface area contributed by atoms with Gasteiger partial charge in [0, 0.05) is 0 Å². The molecule has 0 radical (unpaired) electrons. The van der Waals surface area contributed by atoms with E-state index in [1.165, 1.54) is 29.0 Å². The van der Waals surface area contributed by atoms with Crippen molar-refractivity contribution in [2.45, 2.75) is 46.1 Å². The molecule has 4 heterocycles. The van der Waals surface area contributed by atoms with Gasteiger partial charge in [-0.05, 0) is 0 Å². The third-order valence-electron chi connectivity index (χ3n) is 5.59. The van der Waals surface area contributed by atoms with Crippen molar-refractivity contribution >= 4 is 59.6 Å². The van der Waals surface area contributed by atoms with E-state index in [4.69, 9.17) is 18.1 Å². The van der Waals surface area contributed by atoms with Crippen LogP contribution in [-0.4, -0.2) is 29.6 Å². The quantitative estimate of drug-likeness (QED) is 0.208. The Morgan fingerprint density at radius 2 is 1.53 bits per heavy atom. The van der Waals surface area contributed by atoms with Gasteiger partial charge >= 0.3 is 190 Å². The standard InChI is InChI=1S/C22H23N5S2Se/c1-3-5-8-14(4-2)13-27-23-19-17(15-9-6-11-28-15)21-22(26-30-25-21)18(20(19)24-27)16-10-7-12-29-16/h6-7,9-12,14H,3-5,8,13H2,1-2H3. The first kappa shape index (κ1) is 20.1. The number of nitrogens with zero attached hydrogens (tertiary/aromatic N) is 5. The molecule has 0 aliphatic carbocycles. The van der Waals surface area contributed by atoms with Crippen LogP contribution in [0.1, 0.15) is 39.5 Å². The molecular weight excluding hydrogens is 477 g/mol. The maximum absolute atomic E-state index is 5.03. The Balaban J connectivity index is 1.72. The normalized spacial score (nSPS) is 13.7. The number of fused-ring (bicyclic) bond motifs is 2. The van der Waals surface area contributed by atoms with Crippen LogP contribution in [0.2, 0.25) is 0 Å². The van der Waals surface area contributed by atoms with E-state index in [1.807, 2.05) is 4.80 Å². The second kappa shape index (κ2) is 8.71. The van der Waals surface area contributed by atoms with Gasteiger partial charge in [-0.2, -0.15) is 0 Å². The van der Waals surface area contributed by atoms with Gasteiger partial charge in [-0.25, -0.2) is 0 Å². The summed E-state index contributed by atoms with van der Waals surface area (Å²) in [4.78, 5) is 4.31. The van der Waals surface area contributed by atoms with Gasteiger partial charge in [0.25, 0.3) is 0 Å². The van der Waals surface area contributed by atoms with E-state index in [-0.39, 0.29) is 14.6 Å². The van der Waals surface area contributed by atoms with Crippen molar-refractivity contribution in [3.63, 3.8) is 0 Å². The minimum atomic E-state index is -0.109. The monoisotopic (exact) mass is 501 g/mol. The van der Waals surface area contributed by atoms with Crippen molar-refractivity contribution in [2.75, 3.05) is 0 Å². The Labute approximate surface area is 189 Å². The van der Waals surface area contributed by atoms with Gasteiger partial charge in [0.15, 0.2) is 0 Å². The van der Waals surface area contributed by atoms with Crippen LogP contribution in [0.5, 0.6) is 0 Å². The van der Waals surface area contributed by atoms with Crippen molar-refractivity contribution in [1.29, 1.82) is 0 Å². The molecule has 0 saturated carbocycles. The van der Waals surface area contributed by atoms with Crippen LogP contribution in [-0.2, 0) is 6.54 Å². The van der Waals surface area contributed by atoms with Crippen LogP contribution >= 0.6 is 22.7 Å². The second-order valence-electron chi connectivity index (χ2n) is 7.53. The van der Waals surface area contributed by atoms with Crippen LogP contribution in [0, 0.1) is 5.92 Å². The van der Waals surface area contributed by atoms with E-state index < -0.39 is 0 Å². The van der Waals surface area contributed by atoms with Gasteiger partial charge < -0.3 is 0 Å². The second-order valence-corrected chi connectivity index (χ2v) is 10.5. The third kappa shape index (κ3) is 3.56. The van der Waals surface area contributed by atoms with E-state index in [0.29, 0.717) is 5.92 Å². The first-order valence-electron chi connectivity index (χ1n) is 10.4. The molecule has 1 atom stereocenters. The average molecular weight is 501 g/mol. The summed E-state index contributed by atoms with van der Waals surface area (Å²) in [6.07, 6.45) is 4.86. The van der Waals surface area contributed by atoms with Crippen molar-refractivity contribution in [2.24, 2.45) is 13.8 Å². The number of thiophene rings is 2. The molecule has 1 aromatic carbocycles. The first-order valence-corrected chi connectivity index (χ1v) is 13.7. The molecule has 3 aromatic heterocycles. The zero-order valence-corrected chi connectivity index (χ0v) is 20.4. The molecule has 0 spiro atoms. The molecule has 8 heteroatoms. The van der Waals surface area contributed by atoms with Crippen LogP contribution in [0.3, 0.4) is 0 Å². The summed E-state index contributed by atoms with van der Waals surface area (Å²) in [6, 6.07) is 8.48. The molecule has 5 nitrogen and oxygen atoms in total. The number of hydrogen-bond donors (Lipinski definition) is 0. The van der Waals surface area contributed by atoms with Crippen molar-refractivity contribution in [1.82, 2.24) is 15.0 Å². The molecule has 1 aliphatic heterocycles. The average Bonchev–Trinajstić information content (AvgIpc) is 3.55. The number of aromatic nitrogens is 3. The Hall–Kier alpha value is -1.86. The van der Waals surface area contributed by atoms with Crippen LogP contribution in [0.4, 0.5) is 11.4 Å². The van der Waals surface area contributed by atoms with Gasteiger partial charge in [-0.3, -0.25) is 0 Å². The Bertz CT molecular complexity index is 1150. The zero-order valence-electron chi connectivity index (χ0n) is 17.0. The SMILES string of the molecule is CCCCC(CC)Cn1nc2c(-c3cccs3)c3c(c(-c4cccs4)c2n1)N=[Se]=N3. The van der Waals surface area contributed by atoms with E-state index in [9.17, 15) is 0 Å². The van der Waals surface area contributed by atoms with Gasteiger partial charge in [0.1, 0.15) is 0 Å². The maximum atomic E-state index is 5.03. The van der Waals surface area contributed by atoms with Crippen LogP contribution in [0.15, 0.2) is 43.0 Å². The predicted octanol–water partition coefficient (Wildman–Crippen LogP) is 7.45. The molecule has 5 rings (SSSR count). The Morgan fingerprint density at radius 3 is 2.00 bits per heavy atom. The summed E-state index contributed by atoms with van der Waals surface area (Å²) in [6.45, 7) is 5.39. The predicted molar refractivity (Wildman–Crippen MR) is 127 cm³/mol. The third-order valence-corrected chi connectivity index (χ3v) is 8.47. The molecule has 1 unspecified atom stereocenters. The molecule has 0 N–H and O–H groups in total. The van der Waals surface area contributed by atoms with Gasteiger partial charge in [-0.15, -0.1) is 0 Å². The molecule has 0 fully saturated rings. The van der Waals surface area contributed by atoms with E-state index >= 15 is 0 Å². The summed E-state index contributed by atoms with van der Waals surface area (Å²) in [5.41, 5.74) is 6.12. The fourth-order valence-corrected chi connectivity index (χ4v) is 6.68. The van der Waals surface area contributed by atoms with E-state index in [1.54, 1.807) is 22.7 Å². The summed E-state index contributed by atoms with van der Waals surface area (Å²) in [5, 5.41) is 14.3. The summed E-state index contributed by atoms with van der Waals surface area (Å²) in [5.74, 6) is 0.603. The van der Waals surface area contributed by atoms with Gasteiger partial charge in [0.2, 0.25) is 0 Å². The molecule has 1 aliphatic rings. The fourth-order valence-electron chi connectivity index (χ4n) is 3.96. The van der Waals surface area contributed by atoms with Crippen molar-refractivity contribution < 1.29 is 0 Å².